The molecule has 0 saturated heterocycles. The van der Waals surface area contributed by atoms with E-state index < -0.39 is 24.0 Å². The van der Waals surface area contributed by atoms with Crippen LogP contribution in [0.4, 0.5) is 8.78 Å². The van der Waals surface area contributed by atoms with Crippen LogP contribution in [0.3, 0.4) is 0 Å². The number of carbonyl (C=O) groups excluding carboxylic acids is 1. The van der Waals surface area contributed by atoms with Crippen molar-refractivity contribution in [2.75, 3.05) is 0 Å². The predicted octanol–water partition coefficient (Wildman–Crippen LogP) is 3.92. The van der Waals surface area contributed by atoms with E-state index in [1.54, 1.807) is 34.6 Å². The van der Waals surface area contributed by atoms with Crippen LogP contribution in [0.2, 0.25) is 0 Å². The third kappa shape index (κ3) is 4.84. The lowest BCUT2D eigenvalue weighted by molar-refractivity contribution is -0.144. The van der Waals surface area contributed by atoms with Crippen molar-refractivity contribution in [2.45, 2.75) is 45.4 Å². The zero-order valence-corrected chi connectivity index (χ0v) is 18.4. The van der Waals surface area contributed by atoms with Gasteiger partial charge in [-0.15, -0.1) is 5.10 Å². The average molecular weight is 454 g/mol. The normalized spacial score (nSPS) is 13.6. The van der Waals surface area contributed by atoms with Gasteiger partial charge in [-0.3, -0.25) is 9.48 Å². The Kier molecular flexibility index (Phi) is 6.08. The van der Waals surface area contributed by atoms with Crippen LogP contribution in [0.15, 0.2) is 60.9 Å². The molecule has 8 nitrogen and oxygen atoms in total. The summed E-state index contributed by atoms with van der Waals surface area (Å²) in [4.78, 5) is 11.9. The fraction of sp³-hybridized carbons (Fsp3) is 0.304. The first-order valence-electron chi connectivity index (χ1n) is 10.5. The van der Waals surface area contributed by atoms with Crippen LogP contribution >= 0.6 is 0 Å². The van der Waals surface area contributed by atoms with Gasteiger partial charge in [0.1, 0.15) is 23.1 Å². The summed E-state index contributed by atoms with van der Waals surface area (Å²) in [7, 11) is 0. The Labute approximate surface area is 189 Å². The van der Waals surface area contributed by atoms with Gasteiger partial charge in [0, 0.05) is 19.5 Å². The molecule has 0 unspecified atom stereocenters. The minimum absolute atomic E-state index is 0.469. The first-order valence-corrected chi connectivity index (χ1v) is 10.5. The van der Waals surface area contributed by atoms with Crippen LogP contribution in [-0.4, -0.2) is 42.6 Å². The largest absolute Gasteiger partial charge is 0.484 e. The maximum absolute atomic E-state index is 13.4. The summed E-state index contributed by atoms with van der Waals surface area (Å²) in [5.41, 5.74) is 2.88. The summed E-state index contributed by atoms with van der Waals surface area (Å²) >= 11 is 0. The number of halogens is 2. The van der Waals surface area contributed by atoms with E-state index in [1.165, 1.54) is 0 Å². The van der Waals surface area contributed by atoms with E-state index in [4.69, 9.17) is 4.74 Å². The summed E-state index contributed by atoms with van der Waals surface area (Å²) in [6, 6.07) is 13.7. The number of nitrogens with zero attached hydrogens (tertiary/aromatic N) is 5. The summed E-state index contributed by atoms with van der Waals surface area (Å²) < 4.78 is 36.5. The molecule has 0 aliphatic heterocycles. The van der Waals surface area contributed by atoms with Gasteiger partial charge in [0.25, 0.3) is 5.91 Å². The number of alkyl halides is 2. The van der Waals surface area contributed by atoms with E-state index in [2.05, 4.69) is 20.7 Å². The minimum Gasteiger partial charge on any atom is -0.484 e. The number of fused-ring (bicyclic) bond motifs is 1. The number of nitrogens with one attached hydrogen (secondary N) is 1. The van der Waals surface area contributed by atoms with Crippen molar-refractivity contribution in [1.29, 1.82) is 0 Å². The van der Waals surface area contributed by atoms with Crippen LogP contribution in [0, 0.1) is 0 Å². The van der Waals surface area contributed by atoms with Gasteiger partial charge < -0.3 is 10.1 Å². The number of carbonyl (C=O) groups is 1. The second-order valence-electron chi connectivity index (χ2n) is 7.81. The highest BCUT2D eigenvalue weighted by molar-refractivity contribution is 5.83. The average Bonchev–Trinajstić information content (AvgIpc) is 3.43. The molecule has 4 rings (SSSR count). The quantitative estimate of drug-likeness (QED) is 0.436. The molecule has 2 aromatic heterocycles. The Morgan fingerprint density at radius 3 is 2.64 bits per heavy atom. The lowest BCUT2D eigenvalue weighted by Gasteiger charge is -2.27. The highest BCUT2D eigenvalue weighted by Crippen LogP contribution is 2.28. The molecule has 33 heavy (non-hydrogen) atoms. The number of rotatable bonds is 8. The molecule has 2 heterocycles. The van der Waals surface area contributed by atoms with Crippen molar-refractivity contribution < 1.29 is 18.3 Å². The number of ether oxygens (including phenoxy) is 1. The fourth-order valence-electron chi connectivity index (χ4n) is 3.46. The molecule has 10 heteroatoms. The number of aryl methyl sites for hydroxylation is 1. The van der Waals surface area contributed by atoms with Gasteiger partial charge in [0.05, 0.1) is 24.0 Å². The van der Waals surface area contributed by atoms with Gasteiger partial charge in [-0.25, -0.2) is 4.68 Å². The van der Waals surface area contributed by atoms with Gasteiger partial charge in [-0.2, -0.15) is 13.9 Å². The van der Waals surface area contributed by atoms with Crippen LogP contribution in [-0.2, 0) is 11.3 Å². The van der Waals surface area contributed by atoms with Crippen molar-refractivity contribution in [2.24, 2.45) is 0 Å². The van der Waals surface area contributed by atoms with E-state index in [0.717, 1.165) is 23.3 Å². The van der Waals surface area contributed by atoms with Crippen molar-refractivity contribution in [3.05, 3.63) is 66.5 Å². The molecule has 0 saturated carbocycles. The molecule has 1 amide bonds. The Morgan fingerprint density at radius 2 is 1.97 bits per heavy atom. The van der Waals surface area contributed by atoms with Gasteiger partial charge in [0.15, 0.2) is 0 Å². The van der Waals surface area contributed by atoms with E-state index in [1.807, 2.05) is 49.5 Å². The zero-order chi connectivity index (χ0) is 23.6. The van der Waals surface area contributed by atoms with Gasteiger partial charge >= 0.3 is 5.92 Å². The third-order valence-electron chi connectivity index (χ3n) is 5.21. The van der Waals surface area contributed by atoms with Crippen molar-refractivity contribution in [1.82, 2.24) is 30.1 Å². The smallest absolute Gasteiger partial charge is 0.321 e. The van der Waals surface area contributed by atoms with E-state index in [0.29, 0.717) is 18.2 Å². The molecule has 2 aromatic carbocycles. The summed E-state index contributed by atoms with van der Waals surface area (Å²) in [6.45, 7) is 4.93. The molecule has 4 aromatic rings. The zero-order valence-electron chi connectivity index (χ0n) is 18.4. The number of hydrogen-bond acceptors (Lipinski definition) is 5. The fourth-order valence-corrected chi connectivity index (χ4v) is 3.46. The Hall–Kier alpha value is -3.82. The van der Waals surface area contributed by atoms with Crippen LogP contribution in [0.25, 0.3) is 16.7 Å². The van der Waals surface area contributed by atoms with Crippen LogP contribution in [0.5, 0.6) is 5.75 Å². The van der Waals surface area contributed by atoms with E-state index in [9.17, 15) is 13.6 Å². The third-order valence-corrected chi connectivity index (χ3v) is 5.21. The summed E-state index contributed by atoms with van der Waals surface area (Å²) in [5.74, 6) is -4.37. The molecule has 0 bridgehead atoms. The number of aromatic nitrogens is 5. The Balaban J connectivity index is 1.61. The predicted molar refractivity (Wildman–Crippen MR) is 118 cm³/mol. The monoisotopic (exact) mass is 454 g/mol. The maximum atomic E-state index is 13.4. The topological polar surface area (TPSA) is 86.9 Å². The van der Waals surface area contributed by atoms with Crippen LogP contribution in [0.1, 0.15) is 32.4 Å². The summed E-state index contributed by atoms with van der Waals surface area (Å²) in [5, 5.41) is 15.1. The SMILES string of the molecule is CCn1cc(-n2nnc3cc(O[C@H](c4ccccc4)[C@H](C)NC(=O)C(C)(F)F)ccc32)cn1. The molecule has 172 valence electrons. The van der Waals surface area contributed by atoms with Gasteiger partial charge in [0.2, 0.25) is 0 Å². The minimum atomic E-state index is -3.49. The molecule has 0 aliphatic rings. The van der Waals surface area contributed by atoms with E-state index >= 15 is 0 Å². The number of hydrogen-bond donors (Lipinski definition) is 1. The number of amides is 1. The van der Waals surface area contributed by atoms with E-state index in [-0.39, 0.29) is 0 Å². The van der Waals surface area contributed by atoms with Crippen molar-refractivity contribution >= 4 is 16.9 Å². The molecule has 0 fully saturated rings. The van der Waals surface area contributed by atoms with Crippen molar-refractivity contribution in [3.8, 4) is 11.4 Å². The second kappa shape index (κ2) is 8.97. The van der Waals surface area contributed by atoms with Gasteiger partial charge in [-0.1, -0.05) is 35.5 Å². The molecule has 0 radical (unpaired) electrons. The molecular weight excluding hydrogens is 430 g/mol. The molecule has 0 aliphatic carbocycles. The lowest BCUT2D eigenvalue weighted by Crippen LogP contribution is -2.46. The lowest BCUT2D eigenvalue weighted by atomic mass is 10.0. The molecular formula is C23H24F2N6O2. The number of benzene rings is 2. The summed E-state index contributed by atoms with van der Waals surface area (Å²) in [6.07, 6.45) is 2.88. The van der Waals surface area contributed by atoms with Crippen LogP contribution < -0.4 is 10.1 Å². The standard InChI is InChI=1S/C23H24F2N6O2/c1-4-30-14-17(13-26-30)31-20-11-10-18(12-19(20)28-29-31)33-21(16-8-6-5-7-9-16)15(2)27-22(32)23(3,24)25/h5-15,21H,4H2,1-3H3,(H,27,32)/t15-,21-/m0/s1. The Morgan fingerprint density at radius 1 is 1.21 bits per heavy atom. The maximum Gasteiger partial charge on any atom is 0.321 e. The first kappa shape index (κ1) is 22.4. The molecule has 2 atom stereocenters. The Bertz CT molecular complexity index is 1250. The second-order valence-corrected chi connectivity index (χ2v) is 7.81. The molecule has 0 spiro atoms. The highest BCUT2D eigenvalue weighted by Gasteiger charge is 2.35. The van der Waals surface area contributed by atoms with Gasteiger partial charge in [-0.05, 0) is 31.5 Å². The van der Waals surface area contributed by atoms with Crippen molar-refractivity contribution in [3.63, 3.8) is 0 Å². The first-order chi connectivity index (χ1) is 15.8. The highest BCUT2D eigenvalue weighted by atomic mass is 19.3. The molecule has 1 N–H and O–H groups in total.